The van der Waals surface area contributed by atoms with Crippen molar-refractivity contribution in [2.75, 3.05) is 0 Å². The van der Waals surface area contributed by atoms with Gasteiger partial charge in [-0.25, -0.2) is 9.13 Å². The van der Waals surface area contributed by atoms with Gasteiger partial charge in [-0.2, -0.15) is 0 Å². The maximum Gasteiger partial charge on any atom is 0.466 e. The number of phosphoric acid groups is 2. The molecule has 8 nitrogen and oxygen atoms in total. The van der Waals surface area contributed by atoms with Crippen LogP contribution < -0.4 is 0 Å². The van der Waals surface area contributed by atoms with Gasteiger partial charge in [-0.05, 0) is 0 Å². The Bertz CT molecular complexity index is 124. The number of hydrogen-bond donors (Lipinski definition) is 6. The maximum atomic E-state index is 8.88. The second-order valence-corrected chi connectivity index (χ2v) is 3.08. The van der Waals surface area contributed by atoms with E-state index in [1.807, 2.05) is 0 Å². The van der Waals surface area contributed by atoms with Crippen molar-refractivity contribution in [2.45, 2.75) is 0 Å². The van der Waals surface area contributed by atoms with E-state index in [1.54, 1.807) is 0 Å². The van der Waals surface area contributed by atoms with Crippen molar-refractivity contribution in [3.05, 3.63) is 0 Å². The predicted molar refractivity (Wildman–Crippen MR) is 34.3 cm³/mol. The van der Waals surface area contributed by atoms with Crippen LogP contribution in [-0.4, -0.2) is 80.7 Å². The first-order valence-electron chi connectivity index (χ1n) is 1.57. The maximum absolute atomic E-state index is 8.88. The van der Waals surface area contributed by atoms with E-state index in [1.165, 1.54) is 0 Å². The Morgan fingerprint density at radius 2 is 0.636 bits per heavy atom. The molecule has 0 unspecified atom stereocenters. The third kappa shape index (κ3) is 334. The molecule has 0 aliphatic carbocycles. The topological polar surface area (TPSA) is 156 Å². The summed E-state index contributed by atoms with van der Waals surface area (Å²) in [4.78, 5) is 43.1. The van der Waals surface area contributed by atoms with Crippen LogP contribution >= 0.6 is 15.6 Å². The molecular weight excluding hydrogens is 229 g/mol. The molecule has 0 saturated carbocycles. The summed E-state index contributed by atoms with van der Waals surface area (Å²) in [5.41, 5.74) is 0. The minimum atomic E-state index is -4.64. The Kier molecular flexibility index (Phi) is 12.3. The minimum Gasteiger partial charge on any atom is -0.303 e. The van der Waals surface area contributed by atoms with E-state index in [9.17, 15) is 0 Å². The van der Waals surface area contributed by atoms with Gasteiger partial charge in [-0.3, -0.25) is 0 Å². The Hall–Kier alpha value is 1.86. The number of rotatable bonds is 0. The van der Waals surface area contributed by atoms with Gasteiger partial charge in [-0.15, -0.1) is 0 Å². The molecule has 0 aromatic carbocycles. The first kappa shape index (κ1) is 18.6. The third-order valence-electron chi connectivity index (χ3n) is 0. The van der Waals surface area contributed by atoms with Gasteiger partial charge in [0.25, 0.3) is 0 Å². The van der Waals surface area contributed by atoms with Crippen molar-refractivity contribution in [3.8, 4) is 0 Å². The zero-order valence-electron chi connectivity index (χ0n) is 5.39. The van der Waals surface area contributed by atoms with Crippen LogP contribution in [-0.2, 0) is 9.13 Å². The average Bonchev–Trinajstić information content (AvgIpc) is 1.12. The van der Waals surface area contributed by atoms with Crippen molar-refractivity contribution in [3.63, 3.8) is 0 Å². The van der Waals surface area contributed by atoms with E-state index in [0.717, 1.165) is 0 Å². The second-order valence-electron chi connectivity index (χ2n) is 1.03. The van der Waals surface area contributed by atoms with Crippen molar-refractivity contribution in [1.29, 1.82) is 0 Å². The zero-order valence-corrected chi connectivity index (χ0v) is 10.3. The molecule has 6 N–H and O–H groups in total. The predicted octanol–water partition coefficient (Wildman–Crippen LogP) is -2.24. The van der Waals surface area contributed by atoms with Gasteiger partial charge in [0.05, 0.1) is 0 Å². The molecule has 0 heterocycles. The first-order chi connectivity index (χ1) is 4.00. The average molecular weight is 235 g/mol. The van der Waals surface area contributed by atoms with E-state index in [0.29, 0.717) is 0 Å². The zero-order chi connectivity index (χ0) is 9.00. The van der Waals surface area contributed by atoms with E-state index < -0.39 is 15.6 Å². The van der Waals surface area contributed by atoms with Crippen LogP contribution in [0.25, 0.3) is 0 Å². The normalized spacial score (nSPS) is 10.7. The Morgan fingerprint density at radius 1 is 0.636 bits per heavy atom. The van der Waals surface area contributed by atoms with Gasteiger partial charge < -0.3 is 29.4 Å². The molecule has 0 spiro atoms. The molecule has 0 aliphatic rings. The van der Waals surface area contributed by atoms with E-state index in [4.69, 9.17) is 38.5 Å². The molecule has 11 heteroatoms. The summed E-state index contributed by atoms with van der Waals surface area (Å²) in [6.45, 7) is 0. The van der Waals surface area contributed by atoms with Crippen molar-refractivity contribution < 1.29 is 38.5 Å². The van der Waals surface area contributed by atoms with Crippen LogP contribution in [0.15, 0.2) is 0 Å². The van der Waals surface area contributed by atoms with Crippen molar-refractivity contribution in [1.82, 2.24) is 0 Å². The molecule has 0 rings (SSSR count). The van der Waals surface area contributed by atoms with Crippen LogP contribution in [0.3, 0.4) is 0 Å². The Labute approximate surface area is 104 Å². The molecule has 0 bridgehead atoms. The van der Waals surface area contributed by atoms with Crippen LogP contribution in [0, 0.1) is 0 Å². The van der Waals surface area contributed by atoms with Crippen LogP contribution in [0.4, 0.5) is 0 Å². The Balaban J connectivity index is -0.000000107. The van der Waals surface area contributed by atoms with Crippen LogP contribution in [0.5, 0.6) is 0 Å². The second kappa shape index (κ2) is 7.28. The molecule has 0 aromatic rings. The number of hydrogen-bond acceptors (Lipinski definition) is 2. The summed E-state index contributed by atoms with van der Waals surface area (Å²) in [7, 11) is -9.28. The Morgan fingerprint density at radius 3 is 0.636 bits per heavy atom. The van der Waals surface area contributed by atoms with Gasteiger partial charge in [0, 0.05) is 51.4 Å². The molecule has 11 heavy (non-hydrogen) atoms. The molecule has 0 amide bonds. The summed E-state index contributed by atoms with van der Waals surface area (Å²) in [5.74, 6) is 0. The van der Waals surface area contributed by atoms with Gasteiger partial charge in [0.2, 0.25) is 0 Å². The third-order valence-corrected chi connectivity index (χ3v) is 0. The molecule has 0 atom stereocenters. The van der Waals surface area contributed by atoms with Gasteiger partial charge >= 0.3 is 15.6 Å². The van der Waals surface area contributed by atoms with Gasteiger partial charge in [-0.1, -0.05) is 0 Å². The molecule has 0 aliphatic heterocycles. The van der Waals surface area contributed by atoms with E-state index >= 15 is 0 Å². The summed E-state index contributed by atoms with van der Waals surface area (Å²) >= 11 is 0. The monoisotopic (exact) mass is 235 g/mol. The quantitative estimate of drug-likeness (QED) is 0.203. The molecule has 0 saturated heterocycles. The largest absolute Gasteiger partial charge is 0.466 e. The summed E-state index contributed by atoms with van der Waals surface area (Å²) < 4.78 is 17.8. The molecular formula is H6KO8P2. The molecule has 65 valence electrons. The molecule has 0 aromatic heterocycles. The van der Waals surface area contributed by atoms with Crippen LogP contribution in [0.2, 0.25) is 0 Å². The fraction of sp³-hybridized carbons (Fsp3) is 0. The standard InChI is InChI=1S/K.2H3O4P/c;2*1-5(2,3)4/h;2*(H3,1,2,3,4). The van der Waals surface area contributed by atoms with Crippen molar-refractivity contribution in [2.24, 2.45) is 0 Å². The smallest absolute Gasteiger partial charge is 0.303 e. The summed E-state index contributed by atoms with van der Waals surface area (Å²) in [5, 5.41) is 0. The fourth-order valence-electron chi connectivity index (χ4n) is 0. The van der Waals surface area contributed by atoms with Crippen molar-refractivity contribution >= 4 is 67.0 Å². The van der Waals surface area contributed by atoms with E-state index in [2.05, 4.69) is 0 Å². The molecule has 0 fully saturated rings. The summed E-state index contributed by atoms with van der Waals surface area (Å²) in [6, 6.07) is 0. The van der Waals surface area contributed by atoms with E-state index in [-0.39, 0.29) is 51.4 Å². The van der Waals surface area contributed by atoms with Gasteiger partial charge in [0.1, 0.15) is 0 Å². The fourth-order valence-corrected chi connectivity index (χ4v) is 0. The van der Waals surface area contributed by atoms with Gasteiger partial charge in [0.15, 0.2) is 0 Å². The molecule has 1 radical (unpaired) electrons. The minimum absolute atomic E-state index is 0. The first-order valence-corrected chi connectivity index (χ1v) is 4.70. The SMILES string of the molecule is O=P(O)(O)O.O=P(O)(O)O.[K]. The van der Waals surface area contributed by atoms with Crippen LogP contribution in [0.1, 0.15) is 0 Å². The summed E-state index contributed by atoms with van der Waals surface area (Å²) in [6.07, 6.45) is 0.